The minimum atomic E-state index is 0.824. The topological polar surface area (TPSA) is 12.0 Å². The lowest BCUT2D eigenvalue weighted by Gasteiger charge is -2.15. The Hall–Kier alpha value is -0.980. The molecule has 0 fully saturated rings. The van der Waals surface area contributed by atoms with Gasteiger partial charge in [0.15, 0.2) is 0 Å². The summed E-state index contributed by atoms with van der Waals surface area (Å²) in [5.41, 5.74) is 1.24. The molecule has 15 heavy (non-hydrogen) atoms. The third kappa shape index (κ3) is 4.87. The number of para-hydroxylation sites is 1. The van der Waals surface area contributed by atoms with Gasteiger partial charge in [0.25, 0.3) is 0 Å². The van der Waals surface area contributed by atoms with Gasteiger partial charge in [-0.1, -0.05) is 51.3 Å². The summed E-state index contributed by atoms with van der Waals surface area (Å²) in [6.07, 6.45) is 5.30. The van der Waals surface area contributed by atoms with E-state index in [1.165, 1.54) is 31.4 Å². The van der Waals surface area contributed by atoms with Gasteiger partial charge >= 0.3 is 0 Å². The van der Waals surface area contributed by atoms with Gasteiger partial charge in [-0.2, -0.15) is 0 Å². The smallest absolute Gasteiger partial charge is 0.0340 e. The van der Waals surface area contributed by atoms with Crippen LogP contribution in [0.2, 0.25) is 0 Å². The van der Waals surface area contributed by atoms with Crippen LogP contribution in [-0.4, -0.2) is 6.54 Å². The number of benzene rings is 1. The van der Waals surface area contributed by atoms with E-state index < -0.39 is 0 Å². The number of unbranched alkanes of at least 4 members (excludes halogenated alkanes) is 1. The molecule has 1 atom stereocenters. The highest BCUT2D eigenvalue weighted by atomic mass is 14.9. The molecule has 1 rings (SSSR count). The van der Waals surface area contributed by atoms with Crippen LogP contribution < -0.4 is 5.32 Å². The Labute approximate surface area is 93.9 Å². The molecule has 0 spiro atoms. The van der Waals surface area contributed by atoms with Gasteiger partial charge in [-0.3, -0.25) is 0 Å². The molecule has 1 N–H and O–H groups in total. The maximum absolute atomic E-state index is 3.50. The van der Waals surface area contributed by atoms with Crippen molar-refractivity contribution in [3.8, 4) is 0 Å². The van der Waals surface area contributed by atoms with Gasteiger partial charge in [0.05, 0.1) is 0 Å². The third-order valence-electron chi connectivity index (χ3n) is 2.91. The van der Waals surface area contributed by atoms with E-state index in [0.29, 0.717) is 0 Å². The predicted molar refractivity (Wildman–Crippen MR) is 68.2 cm³/mol. The van der Waals surface area contributed by atoms with E-state index in [1.807, 2.05) is 0 Å². The van der Waals surface area contributed by atoms with Gasteiger partial charge in [0, 0.05) is 12.2 Å². The van der Waals surface area contributed by atoms with E-state index in [2.05, 4.69) is 49.5 Å². The Morgan fingerprint density at radius 1 is 1.13 bits per heavy atom. The molecule has 0 saturated carbocycles. The summed E-state index contributed by atoms with van der Waals surface area (Å²) in [5, 5.41) is 3.50. The quantitative estimate of drug-likeness (QED) is 0.699. The summed E-state index contributed by atoms with van der Waals surface area (Å²) >= 11 is 0. The normalized spacial score (nSPS) is 12.4. The number of nitrogens with one attached hydrogen (secondary N) is 1. The molecule has 1 unspecified atom stereocenters. The molecule has 1 aromatic carbocycles. The number of hydrogen-bond acceptors (Lipinski definition) is 1. The molecule has 0 amide bonds. The van der Waals surface area contributed by atoms with Crippen molar-refractivity contribution >= 4 is 5.69 Å². The van der Waals surface area contributed by atoms with Crippen LogP contribution >= 0.6 is 0 Å². The maximum Gasteiger partial charge on any atom is 0.0340 e. The second-order valence-corrected chi connectivity index (χ2v) is 4.16. The Kier molecular flexibility index (Phi) is 5.91. The molecule has 0 aliphatic heterocycles. The summed E-state index contributed by atoms with van der Waals surface area (Å²) in [4.78, 5) is 0. The molecule has 0 aliphatic rings. The fraction of sp³-hybridized carbons (Fsp3) is 0.571. The Bertz CT molecular complexity index is 243. The minimum Gasteiger partial charge on any atom is -0.385 e. The lowest BCUT2D eigenvalue weighted by molar-refractivity contribution is 0.473. The van der Waals surface area contributed by atoms with Gasteiger partial charge in [-0.25, -0.2) is 0 Å². The number of anilines is 1. The molecule has 0 radical (unpaired) electrons. The van der Waals surface area contributed by atoms with Gasteiger partial charge in [0.1, 0.15) is 0 Å². The lowest BCUT2D eigenvalue weighted by atomic mass is 9.99. The van der Waals surface area contributed by atoms with E-state index >= 15 is 0 Å². The molecule has 1 aromatic rings. The summed E-state index contributed by atoms with van der Waals surface area (Å²) < 4.78 is 0. The van der Waals surface area contributed by atoms with Crippen LogP contribution in [0, 0.1) is 5.92 Å². The first-order chi connectivity index (χ1) is 7.36. The maximum atomic E-state index is 3.50. The van der Waals surface area contributed by atoms with Crippen LogP contribution in [0.3, 0.4) is 0 Å². The first kappa shape index (κ1) is 12.1. The average Bonchev–Trinajstić information content (AvgIpc) is 2.31. The minimum absolute atomic E-state index is 0.824. The van der Waals surface area contributed by atoms with Crippen molar-refractivity contribution < 1.29 is 0 Å². The van der Waals surface area contributed by atoms with Crippen molar-refractivity contribution in [1.29, 1.82) is 0 Å². The molecule has 0 bridgehead atoms. The van der Waals surface area contributed by atoms with Crippen LogP contribution in [-0.2, 0) is 0 Å². The van der Waals surface area contributed by atoms with E-state index in [4.69, 9.17) is 0 Å². The summed E-state index contributed by atoms with van der Waals surface area (Å²) in [5.74, 6) is 0.824. The summed E-state index contributed by atoms with van der Waals surface area (Å²) in [6, 6.07) is 10.5. The zero-order valence-electron chi connectivity index (χ0n) is 10.00. The van der Waals surface area contributed by atoms with Crippen LogP contribution in [0.15, 0.2) is 30.3 Å². The van der Waals surface area contributed by atoms with Crippen molar-refractivity contribution in [1.82, 2.24) is 0 Å². The number of rotatable bonds is 7. The highest BCUT2D eigenvalue weighted by Crippen LogP contribution is 2.14. The lowest BCUT2D eigenvalue weighted by Crippen LogP contribution is -2.13. The molecule has 0 saturated heterocycles. The Morgan fingerprint density at radius 3 is 2.47 bits per heavy atom. The van der Waals surface area contributed by atoms with Crippen molar-refractivity contribution in [3.63, 3.8) is 0 Å². The highest BCUT2D eigenvalue weighted by molar-refractivity contribution is 5.42. The van der Waals surface area contributed by atoms with Crippen molar-refractivity contribution in [3.05, 3.63) is 30.3 Å². The zero-order valence-corrected chi connectivity index (χ0v) is 10.00. The first-order valence-corrected chi connectivity index (χ1v) is 6.15. The fourth-order valence-corrected chi connectivity index (χ4v) is 1.76. The Balaban J connectivity index is 2.28. The summed E-state index contributed by atoms with van der Waals surface area (Å²) in [6.45, 7) is 5.66. The second-order valence-electron chi connectivity index (χ2n) is 4.16. The first-order valence-electron chi connectivity index (χ1n) is 6.15. The zero-order chi connectivity index (χ0) is 10.9. The highest BCUT2D eigenvalue weighted by Gasteiger charge is 2.04. The van der Waals surface area contributed by atoms with Crippen LogP contribution in [0.4, 0.5) is 5.69 Å². The van der Waals surface area contributed by atoms with Crippen LogP contribution in [0.25, 0.3) is 0 Å². The molecular formula is C14H23N. The molecule has 0 heterocycles. The predicted octanol–water partition coefficient (Wildman–Crippen LogP) is 4.31. The largest absolute Gasteiger partial charge is 0.385 e. The van der Waals surface area contributed by atoms with Crippen LogP contribution in [0.1, 0.15) is 39.5 Å². The van der Waals surface area contributed by atoms with E-state index in [0.717, 1.165) is 12.5 Å². The molecule has 84 valence electrons. The van der Waals surface area contributed by atoms with Crippen LogP contribution in [0.5, 0.6) is 0 Å². The SMILES string of the molecule is CCCCC(CC)CNc1ccccc1. The summed E-state index contributed by atoms with van der Waals surface area (Å²) in [7, 11) is 0. The second kappa shape index (κ2) is 7.33. The van der Waals surface area contributed by atoms with Gasteiger partial charge in [0.2, 0.25) is 0 Å². The molecule has 1 nitrogen and oxygen atoms in total. The van der Waals surface area contributed by atoms with E-state index in [-0.39, 0.29) is 0 Å². The van der Waals surface area contributed by atoms with E-state index in [9.17, 15) is 0 Å². The molecule has 1 heteroatoms. The molecule has 0 aliphatic carbocycles. The Morgan fingerprint density at radius 2 is 1.87 bits per heavy atom. The fourth-order valence-electron chi connectivity index (χ4n) is 1.76. The standard InChI is InChI=1S/C14H23N/c1-3-5-9-13(4-2)12-15-14-10-7-6-8-11-14/h6-8,10-11,13,15H,3-5,9,12H2,1-2H3. The van der Waals surface area contributed by atoms with Gasteiger partial charge in [-0.05, 0) is 24.5 Å². The van der Waals surface area contributed by atoms with E-state index in [1.54, 1.807) is 0 Å². The monoisotopic (exact) mass is 205 g/mol. The number of hydrogen-bond donors (Lipinski definition) is 1. The van der Waals surface area contributed by atoms with Gasteiger partial charge < -0.3 is 5.32 Å². The molecule has 0 aromatic heterocycles. The van der Waals surface area contributed by atoms with Crippen molar-refractivity contribution in [2.24, 2.45) is 5.92 Å². The van der Waals surface area contributed by atoms with Gasteiger partial charge in [-0.15, -0.1) is 0 Å². The molecular weight excluding hydrogens is 182 g/mol. The third-order valence-corrected chi connectivity index (χ3v) is 2.91. The van der Waals surface area contributed by atoms with Crippen molar-refractivity contribution in [2.75, 3.05) is 11.9 Å². The van der Waals surface area contributed by atoms with Crippen molar-refractivity contribution in [2.45, 2.75) is 39.5 Å². The average molecular weight is 205 g/mol.